The molecule has 1 aromatic rings. The molecule has 2 amide bonds. The van der Waals surface area contributed by atoms with E-state index < -0.39 is 12.0 Å². The molecule has 0 atom stereocenters. The number of nitrogens with one attached hydrogen (secondary N) is 2. The van der Waals surface area contributed by atoms with Gasteiger partial charge in [0.2, 0.25) is 0 Å². The number of carbonyl (C=O) groups is 2. The average molecular weight is 317 g/mol. The maximum atomic E-state index is 11.7. The molecule has 0 saturated heterocycles. The van der Waals surface area contributed by atoms with Crippen LogP contribution in [0.15, 0.2) is 18.2 Å². The zero-order valence-corrected chi connectivity index (χ0v) is 12.7. The molecular weight excluding hydrogens is 300 g/mol. The number of benzene rings is 1. The normalized spacial score (nSPS) is 10.1. The van der Waals surface area contributed by atoms with E-state index in [0.717, 1.165) is 18.6 Å². The second kappa shape index (κ2) is 8.71. The van der Waals surface area contributed by atoms with E-state index in [2.05, 4.69) is 10.6 Å². The highest BCUT2D eigenvalue weighted by Crippen LogP contribution is 2.24. The minimum absolute atomic E-state index is 0.0928. The number of halogens is 1. The molecule has 110 valence electrons. The van der Waals surface area contributed by atoms with Crippen molar-refractivity contribution >= 4 is 41.1 Å². The van der Waals surface area contributed by atoms with Gasteiger partial charge in [-0.1, -0.05) is 17.7 Å². The Morgan fingerprint density at radius 2 is 2.10 bits per heavy atom. The maximum Gasteiger partial charge on any atom is 0.339 e. The number of carbonyl (C=O) groups excluding carboxylic acids is 1. The molecule has 0 heterocycles. The van der Waals surface area contributed by atoms with Crippen LogP contribution in [-0.2, 0) is 0 Å². The molecule has 0 spiro atoms. The van der Waals surface area contributed by atoms with Gasteiger partial charge in [-0.25, -0.2) is 9.59 Å². The Balaban J connectivity index is 2.54. The van der Waals surface area contributed by atoms with Crippen LogP contribution >= 0.6 is 23.4 Å². The molecular formula is C13H17ClN2O3S. The van der Waals surface area contributed by atoms with Gasteiger partial charge < -0.3 is 15.7 Å². The van der Waals surface area contributed by atoms with E-state index >= 15 is 0 Å². The molecule has 0 unspecified atom stereocenters. The Morgan fingerprint density at radius 3 is 2.75 bits per heavy atom. The third-order valence-corrected chi connectivity index (χ3v) is 3.55. The third kappa shape index (κ3) is 5.30. The van der Waals surface area contributed by atoms with Crippen molar-refractivity contribution in [2.45, 2.75) is 12.8 Å². The molecule has 0 saturated carbocycles. The quantitative estimate of drug-likeness (QED) is 0.674. The molecule has 1 rings (SSSR count). The predicted octanol–water partition coefficient (Wildman–Crippen LogP) is 3.30. The van der Waals surface area contributed by atoms with Gasteiger partial charge in [-0.3, -0.25) is 0 Å². The molecule has 20 heavy (non-hydrogen) atoms. The first kappa shape index (κ1) is 16.7. The number of carboxylic acids is 1. The molecule has 0 aliphatic rings. The molecule has 0 aliphatic heterocycles. The van der Waals surface area contributed by atoms with E-state index in [-0.39, 0.29) is 16.3 Å². The minimum Gasteiger partial charge on any atom is -0.478 e. The number of hydrogen-bond donors (Lipinski definition) is 3. The topological polar surface area (TPSA) is 78.4 Å². The second-order valence-electron chi connectivity index (χ2n) is 4.05. The highest BCUT2D eigenvalue weighted by Gasteiger charge is 2.15. The number of anilines is 1. The van der Waals surface area contributed by atoms with Crippen LogP contribution in [0.3, 0.4) is 0 Å². The van der Waals surface area contributed by atoms with E-state index in [4.69, 9.17) is 16.7 Å². The lowest BCUT2D eigenvalue weighted by Gasteiger charge is -2.10. The van der Waals surface area contributed by atoms with Crippen LogP contribution in [0.1, 0.15) is 23.2 Å². The Hall–Kier alpha value is -1.40. The SMILES string of the molecule is CSCCCCNC(=O)Nc1cccc(Cl)c1C(=O)O. The van der Waals surface area contributed by atoms with Gasteiger partial charge in [-0.05, 0) is 37.0 Å². The summed E-state index contributed by atoms with van der Waals surface area (Å²) in [5, 5.41) is 14.4. The number of rotatable bonds is 7. The summed E-state index contributed by atoms with van der Waals surface area (Å²) in [7, 11) is 0. The Morgan fingerprint density at radius 1 is 1.35 bits per heavy atom. The summed E-state index contributed by atoms with van der Waals surface area (Å²) in [6, 6.07) is 4.13. The monoisotopic (exact) mass is 316 g/mol. The van der Waals surface area contributed by atoms with Gasteiger partial charge in [0, 0.05) is 6.54 Å². The van der Waals surface area contributed by atoms with E-state index in [1.807, 2.05) is 6.26 Å². The minimum atomic E-state index is -1.18. The van der Waals surface area contributed by atoms with Crippen LogP contribution in [-0.4, -0.2) is 35.7 Å². The van der Waals surface area contributed by atoms with Crippen LogP contribution in [0.2, 0.25) is 5.02 Å². The highest BCUT2D eigenvalue weighted by atomic mass is 35.5. The first-order chi connectivity index (χ1) is 9.56. The van der Waals surface area contributed by atoms with Crippen molar-refractivity contribution in [3.63, 3.8) is 0 Å². The maximum absolute atomic E-state index is 11.7. The molecule has 0 radical (unpaired) electrons. The number of thioether (sulfide) groups is 1. The Kier molecular flexibility index (Phi) is 7.25. The van der Waals surface area contributed by atoms with Crippen molar-refractivity contribution in [1.82, 2.24) is 5.32 Å². The van der Waals surface area contributed by atoms with Gasteiger partial charge in [-0.15, -0.1) is 0 Å². The first-order valence-electron chi connectivity index (χ1n) is 6.12. The number of urea groups is 1. The summed E-state index contributed by atoms with van der Waals surface area (Å²) in [5.74, 6) is -0.119. The van der Waals surface area contributed by atoms with Crippen molar-refractivity contribution < 1.29 is 14.7 Å². The predicted molar refractivity (Wildman–Crippen MR) is 83.0 cm³/mol. The highest BCUT2D eigenvalue weighted by molar-refractivity contribution is 7.98. The molecule has 5 nitrogen and oxygen atoms in total. The summed E-state index contributed by atoms with van der Waals surface area (Å²) >= 11 is 7.58. The molecule has 0 fully saturated rings. The summed E-state index contributed by atoms with van der Waals surface area (Å²) in [4.78, 5) is 22.8. The zero-order valence-electron chi connectivity index (χ0n) is 11.1. The van der Waals surface area contributed by atoms with Crippen molar-refractivity contribution in [2.75, 3.05) is 23.9 Å². The number of aromatic carboxylic acids is 1. The third-order valence-electron chi connectivity index (χ3n) is 2.54. The lowest BCUT2D eigenvalue weighted by atomic mass is 10.2. The van der Waals surface area contributed by atoms with Crippen molar-refractivity contribution in [3.8, 4) is 0 Å². The second-order valence-corrected chi connectivity index (χ2v) is 5.44. The largest absolute Gasteiger partial charge is 0.478 e. The number of unbranched alkanes of at least 4 members (excludes halogenated alkanes) is 1. The molecule has 0 aromatic heterocycles. The first-order valence-corrected chi connectivity index (χ1v) is 7.89. The van der Waals surface area contributed by atoms with Gasteiger partial charge in [-0.2, -0.15) is 11.8 Å². The van der Waals surface area contributed by atoms with Crippen molar-refractivity contribution in [1.29, 1.82) is 0 Å². The number of carboxylic acid groups (broad SMARTS) is 1. The van der Waals surface area contributed by atoms with E-state index in [9.17, 15) is 9.59 Å². The average Bonchev–Trinajstić information content (AvgIpc) is 2.38. The smallest absolute Gasteiger partial charge is 0.339 e. The van der Waals surface area contributed by atoms with Gasteiger partial charge in [0.15, 0.2) is 0 Å². The van der Waals surface area contributed by atoms with Gasteiger partial charge in [0.05, 0.1) is 10.7 Å². The van der Waals surface area contributed by atoms with Gasteiger partial charge in [0.25, 0.3) is 0 Å². The van der Waals surface area contributed by atoms with Crippen molar-refractivity contribution in [3.05, 3.63) is 28.8 Å². The van der Waals surface area contributed by atoms with Crippen LogP contribution in [0.4, 0.5) is 10.5 Å². The number of hydrogen-bond acceptors (Lipinski definition) is 3. The number of amides is 2. The Labute approximate surface area is 127 Å². The molecule has 1 aromatic carbocycles. The van der Waals surface area contributed by atoms with Crippen LogP contribution < -0.4 is 10.6 Å². The van der Waals surface area contributed by atoms with E-state index in [0.29, 0.717) is 6.54 Å². The summed E-state index contributed by atoms with van der Waals surface area (Å²) < 4.78 is 0. The van der Waals surface area contributed by atoms with Gasteiger partial charge in [0.1, 0.15) is 5.56 Å². The lowest BCUT2D eigenvalue weighted by molar-refractivity contribution is 0.0698. The van der Waals surface area contributed by atoms with Crippen molar-refractivity contribution in [2.24, 2.45) is 0 Å². The van der Waals surface area contributed by atoms with Crippen LogP contribution in [0.25, 0.3) is 0 Å². The lowest BCUT2D eigenvalue weighted by Crippen LogP contribution is -2.30. The summed E-state index contributed by atoms with van der Waals surface area (Å²) in [6.07, 6.45) is 3.95. The zero-order chi connectivity index (χ0) is 15.0. The standard InChI is InChI=1S/C13H17ClN2O3S/c1-20-8-3-2-7-15-13(19)16-10-6-4-5-9(14)11(10)12(17)18/h4-6H,2-3,7-8H2,1H3,(H,17,18)(H2,15,16,19). The molecule has 3 N–H and O–H groups in total. The summed E-state index contributed by atoms with van der Waals surface area (Å²) in [6.45, 7) is 0.551. The van der Waals surface area contributed by atoms with E-state index in [1.54, 1.807) is 17.8 Å². The molecule has 7 heteroatoms. The van der Waals surface area contributed by atoms with Crippen LogP contribution in [0, 0.1) is 0 Å². The van der Waals surface area contributed by atoms with Crippen LogP contribution in [0.5, 0.6) is 0 Å². The fourth-order valence-electron chi connectivity index (χ4n) is 1.59. The van der Waals surface area contributed by atoms with E-state index in [1.165, 1.54) is 12.1 Å². The molecule has 0 bridgehead atoms. The Bertz CT molecular complexity index is 483. The molecule has 0 aliphatic carbocycles. The fourth-order valence-corrected chi connectivity index (χ4v) is 2.33. The van der Waals surface area contributed by atoms with Gasteiger partial charge >= 0.3 is 12.0 Å². The fraction of sp³-hybridized carbons (Fsp3) is 0.385. The summed E-state index contributed by atoms with van der Waals surface area (Å²) in [5.41, 5.74) is 0.0818.